The minimum absolute atomic E-state index is 0.135. The molecule has 0 saturated heterocycles. The zero-order chi connectivity index (χ0) is 21.5. The summed E-state index contributed by atoms with van der Waals surface area (Å²) in [5.41, 5.74) is 1.50. The molecule has 1 heterocycles. The molecule has 0 amide bonds. The molecule has 1 aromatic heterocycles. The van der Waals surface area contributed by atoms with Crippen molar-refractivity contribution < 1.29 is 33.0 Å². The monoisotopic (exact) mass is 412 g/mol. The van der Waals surface area contributed by atoms with E-state index in [9.17, 15) is 9.59 Å². The molecule has 0 bridgehead atoms. The molecule has 1 unspecified atom stereocenters. The third kappa shape index (κ3) is 4.80. The summed E-state index contributed by atoms with van der Waals surface area (Å²) in [4.78, 5) is 25.0. The predicted octanol–water partition coefficient (Wildman–Crippen LogP) is 4.23. The molecule has 0 N–H and O–H groups in total. The van der Waals surface area contributed by atoms with Crippen LogP contribution in [0.5, 0.6) is 5.75 Å². The van der Waals surface area contributed by atoms with Crippen molar-refractivity contribution in [1.29, 1.82) is 0 Å². The third-order valence-electron chi connectivity index (χ3n) is 4.42. The van der Waals surface area contributed by atoms with Crippen LogP contribution in [0.25, 0.3) is 11.0 Å². The van der Waals surface area contributed by atoms with Gasteiger partial charge < -0.3 is 23.4 Å². The zero-order valence-electron chi connectivity index (χ0n) is 17.2. The Morgan fingerprint density at radius 3 is 2.50 bits per heavy atom. The first-order valence-corrected chi connectivity index (χ1v) is 9.62. The van der Waals surface area contributed by atoms with Crippen LogP contribution in [0, 0.1) is 6.92 Å². The fraction of sp³-hybridized carbons (Fsp3) is 0.304. The van der Waals surface area contributed by atoms with Crippen LogP contribution in [0.2, 0.25) is 0 Å². The molecule has 7 heteroatoms. The van der Waals surface area contributed by atoms with Crippen molar-refractivity contribution >= 4 is 22.9 Å². The minimum Gasteiger partial charge on any atom is -0.474 e. The summed E-state index contributed by atoms with van der Waals surface area (Å²) in [6, 6.07) is 14.1. The van der Waals surface area contributed by atoms with Gasteiger partial charge in [-0.15, -0.1) is 0 Å². The number of esters is 2. The first-order chi connectivity index (χ1) is 14.5. The number of methoxy groups -OCH3 is 1. The second-order valence-electron chi connectivity index (χ2n) is 6.48. The molecule has 158 valence electrons. The van der Waals surface area contributed by atoms with Crippen molar-refractivity contribution in [3.05, 3.63) is 65.4 Å². The maximum absolute atomic E-state index is 12.5. The number of fused-ring (bicyclic) bond motifs is 1. The average molecular weight is 412 g/mol. The van der Waals surface area contributed by atoms with E-state index in [0.717, 1.165) is 0 Å². The summed E-state index contributed by atoms with van der Waals surface area (Å²) in [7, 11) is 1.53. The number of hydrogen-bond donors (Lipinski definition) is 0. The molecule has 0 fully saturated rings. The SMILES string of the molecule is CCOC(=O)C(Oc1ccc2oc(C)c(C(=O)OCCOC)c2c1)c1ccccc1. The lowest BCUT2D eigenvalue weighted by atomic mass is 10.1. The number of hydrogen-bond acceptors (Lipinski definition) is 7. The Bertz CT molecular complexity index is 1010. The van der Waals surface area contributed by atoms with E-state index in [1.807, 2.05) is 18.2 Å². The van der Waals surface area contributed by atoms with Gasteiger partial charge in [0.05, 0.1) is 13.2 Å². The van der Waals surface area contributed by atoms with Crippen molar-refractivity contribution in [2.75, 3.05) is 26.9 Å². The lowest BCUT2D eigenvalue weighted by Crippen LogP contribution is -2.21. The lowest BCUT2D eigenvalue weighted by molar-refractivity contribution is -0.151. The fourth-order valence-corrected chi connectivity index (χ4v) is 3.05. The molecule has 2 aromatic carbocycles. The Kier molecular flexibility index (Phi) is 7.08. The van der Waals surface area contributed by atoms with Crippen LogP contribution in [-0.4, -0.2) is 38.9 Å². The number of ether oxygens (including phenoxy) is 4. The maximum Gasteiger partial charge on any atom is 0.352 e. The Hall–Kier alpha value is -3.32. The second-order valence-corrected chi connectivity index (χ2v) is 6.48. The van der Waals surface area contributed by atoms with Gasteiger partial charge >= 0.3 is 11.9 Å². The largest absolute Gasteiger partial charge is 0.474 e. The van der Waals surface area contributed by atoms with Crippen LogP contribution in [0.3, 0.4) is 0 Å². The van der Waals surface area contributed by atoms with Gasteiger partial charge in [-0.05, 0) is 32.0 Å². The molecule has 0 aliphatic rings. The molecule has 0 aliphatic carbocycles. The first-order valence-electron chi connectivity index (χ1n) is 9.62. The van der Waals surface area contributed by atoms with Crippen LogP contribution in [0.15, 0.2) is 52.9 Å². The fourth-order valence-electron chi connectivity index (χ4n) is 3.05. The van der Waals surface area contributed by atoms with Gasteiger partial charge in [0.25, 0.3) is 0 Å². The van der Waals surface area contributed by atoms with E-state index in [2.05, 4.69) is 0 Å². The number of carbonyl (C=O) groups is 2. The molecule has 30 heavy (non-hydrogen) atoms. The molecule has 3 rings (SSSR count). The molecule has 7 nitrogen and oxygen atoms in total. The molecule has 0 aliphatic heterocycles. The van der Waals surface area contributed by atoms with E-state index in [1.165, 1.54) is 7.11 Å². The van der Waals surface area contributed by atoms with Crippen LogP contribution < -0.4 is 4.74 Å². The van der Waals surface area contributed by atoms with Gasteiger partial charge in [-0.1, -0.05) is 30.3 Å². The van der Waals surface area contributed by atoms with Crippen molar-refractivity contribution in [3.8, 4) is 5.75 Å². The highest BCUT2D eigenvalue weighted by Gasteiger charge is 2.25. The maximum atomic E-state index is 12.5. The number of rotatable bonds is 9. The summed E-state index contributed by atoms with van der Waals surface area (Å²) in [6.07, 6.45) is -0.936. The van der Waals surface area contributed by atoms with Gasteiger partial charge in [-0.2, -0.15) is 0 Å². The van der Waals surface area contributed by atoms with E-state index >= 15 is 0 Å². The molecule has 0 radical (unpaired) electrons. The normalized spacial score (nSPS) is 11.8. The Morgan fingerprint density at radius 1 is 1.03 bits per heavy atom. The summed E-state index contributed by atoms with van der Waals surface area (Å²) >= 11 is 0. The van der Waals surface area contributed by atoms with Gasteiger partial charge in [0.2, 0.25) is 6.10 Å². The topological polar surface area (TPSA) is 84.2 Å². The van der Waals surface area contributed by atoms with Gasteiger partial charge in [0.1, 0.15) is 29.3 Å². The highest BCUT2D eigenvalue weighted by molar-refractivity contribution is 6.04. The second kappa shape index (κ2) is 9.93. The van der Waals surface area contributed by atoms with Gasteiger partial charge in [-0.3, -0.25) is 0 Å². The van der Waals surface area contributed by atoms with Crippen molar-refractivity contribution in [1.82, 2.24) is 0 Å². The summed E-state index contributed by atoms with van der Waals surface area (Å²) in [5.74, 6) is -0.164. The molecular formula is C23H24O7. The molecular weight excluding hydrogens is 388 g/mol. The van der Waals surface area contributed by atoms with E-state index in [1.54, 1.807) is 44.2 Å². The Balaban J connectivity index is 1.92. The molecule has 0 saturated carbocycles. The van der Waals surface area contributed by atoms with Crippen LogP contribution in [0.4, 0.5) is 0 Å². The number of furan rings is 1. The van der Waals surface area contributed by atoms with Crippen molar-refractivity contribution in [3.63, 3.8) is 0 Å². The third-order valence-corrected chi connectivity index (χ3v) is 4.42. The van der Waals surface area contributed by atoms with Crippen LogP contribution in [-0.2, 0) is 19.0 Å². The first kappa shape index (κ1) is 21.4. The predicted molar refractivity (Wildman–Crippen MR) is 110 cm³/mol. The molecule has 1 atom stereocenters. The number of benzene rings is 2. The van der Waals surface area contributed by atoms with E-state index in [4.69, 9.17) is 23.4 Å². The molecule has 0 spiro atoms. The highest BCUT2D eigenvalue weighted by atomic mass is 16.6. The smallest absolute Gasteiger partial charge is 0.352 e. The number of carbonyl (C=O) groups excluding carboxylic acids is 2. The van der Waals surface area contributed by atoms with E-state index < -0.39 is 18.0 Å². The van der Waals surface area contributed by atoms with Crippen LogP contribution >= 0.6 is 0 Å². The minimum atomic E-state index is -0.936. The summed E-state index contributed by atoms with van der Waals surface area (Å²) in [5, 5.41) is 0.545. The standard InChI is InChI=1S/C23H24O7/c1-4-27-23(25)21(16-8-6-5-7-9-16)30-17-10-11-19-18(14-17)20(15(2)29-19)22(24)28-13-12-26-3/h5-11,14,21H,4,12-13H2,1-3H3. The molecule has 3 aromatic rings. The Morgan fingerprint density at radius 2 is 1.80 bits per heavy atom. The van der Waals surface area contributed by atoms with Crippen LogP contribution in [0.1, 0.15) is 34.7 Å². The number of aryl methyl sites for hydroxylation is 1. The van der Waals surface area contributed by atoms with Crippen molar-refractivity contribution in [2.24, 2.45) is 0 Å². The Labute approximate surface area is 174 Å². The van der Waals surface area contributed by atoms with Crippen molar-refractivity contribution in [2.45, 2.75) is 20.0 Å². The summed E-state index contributed by atoms with van der Waals surface area (Å²) < 4.78 is 27.0. The average Bonchev–Trinajstić information content (AvgIpc) is 3.08. The van der Waals surface area contributed by atoms with Gasteiger partial charge in [-0.25, -0.2) is 9.59 Å². The van der Waals surface area contributed by atoms with Gasteiger partial charge in [0.15, 0.2) is 0 Å². The zero-order valence-corrected chi connectivity index (χ0v) is 17.2. The van der Waals surface area contributed by atoms with E-state index in [-0.39, 0.29) is 13.2 Å². The lowest BCUT2D eigenvalue weighted by Gasteiger charge is -2.18. The van der Waals surface area contributed by atoms with E-state index in [0.29, 0.717) is 40.2 Å². The van der Waals surface area contributed by atoms with Gasteiger partial charge in [0, 0.05) is 18.1 Å². The summed E-state index contributed by atoms with van der Waals surface area (Å²) in [6.45, 7) is 4.10. The quantitative estimate of drug-likeness (QED) is 0.384. The highest BCUT2D eigenvalue weighted by Crippen LogP contribution is 2.32.